The molecule has 2 amide bonds. The summed E-state index contributed by atoms with van der Waals surface area (Å²) < 4.78 is 5.27. The summed E-state index contributed by atoms with van der Waals surface area (Å²) in [7, 11) is 0. The number of hydrogen-bond donors (Lipinski definition) is 3. The number of ether oxygens (including phenoxy) is 1. The third kappa shape index (κ3) is 7.10. The van der Waals surface area contributed by atoms with Gasteiger partial charge in [0.15, 0.2) is 0 Å². The van der Waals surface area contributed by atoms with Crippen molar-refractivity contribution < 1.29 is 14.3 Å². The van der Waals surface area contributed by atoms with Gasteiger partial charge in [0.2, 0.25) is 11.8 Å². The van der Waals surface area contributed by atoms with E-state index in [1.54, 1.807) is 19.1 Å². The lowest BCUT2D eigenvalue weighted by atomic mass is 10.0. The van der Waals surface area contributed by atoms with Crippen molar-refractivity contribution in [2.45, 2.75) is 39.8 Å². The molecule has 6 nitrogen and oxygen atoms in total. The molecule has 0 aromatic heterocycles. The Morgan fingerprint density at radius 3 is 2.33 bits per heavy atom. The average Bonchev–Trinajstić information content (AvgIpc) is 2.55. The van der Waals surface area contributed by atoms with E-state index < -0.39 is 6.04 Å². The molecule has 0 radical (unpaired) electrons. The summed E-state index contributed by atoms with van der Waals surface area (Å²) in [6.07, 6.45) is 0. The molecule has 6 heteroatoms. The standard InChI is InChI=1S/C18H29N3O3/c1-5-24-12-11-19-16(13(2)3)18(23)20-14(4)17(22)21-15-9-7-6-8-10-15/h6-10,13-14,16,19H,5,11-12H2,1-4H3,(H,20,23)(H,21,22). The SMILES string of the molecule is CCOCCNC(C(=O)NC(C)C(=O)Nc1ccccc1)C(C)C. The van der Waals surface area contributed by atoms with Crippen molar-refractivity contribution in [2.75, 3.05) is 25.1 Å². The summed E-state index contributed by atoms with van der Waals surface area (Å²) >= 11 is 0. The Hall–Kier alpha value is -1.92. The molecule has 24 heavy (non-hydrogen) atoms. The molecule has 0 aliphatic carbocycles. The fraction of sp³-hybridized carbons (Fsp3) is 0.556. The van der Waals surface area contributed by atoms with Crippen LogP contribution in [0.25, 0.3) is 0 Å². The number of carbonyl (C=O) groups excluding carboxylic acids is 2. The molecule has 0 bridgehead atoms. The lowest BCUT2D eigenvalue weighted by Crippen LogP contribution is -2.52. The van der Waals surface area contributed by atoms with E-state index in [4.69, 9.17) is 4.74 Å². The second-order valence-electron chi connectivity index (χ2n) is 5.96. The third-order valence-corrected chi connectivity index (χ3v) is 3.56. The number of anilines is 1. The molecule has 3 N–H and O–H groups in total. The lowest BCUT2D eigenvalue weighted by molar-refractivity contribution is -0.128. The summed E-state index contributed by atoms with van der Waals surface area (Å²) in [6, 6.07) is 8.19. The Bertz CT molecular complexity index is 505. The van der Waals surface area contributed by atoms with Gasteiger partial charge in [-0.15, -0.1) is 0 Å². The van der Waals surface area contributed by atoms with Gasteiger partial charge in [0, 0.05) is 18.8 Å². The molecule has 0 fully saturated rings. The normalized spacial score (nSPS) is 13.4. The zero-order valence-electron chi connectivity index (χ0n) is 15.0. The van der Waals surface area contributed by atoms with E-state index in [1.807, 2.05) is 39.0 Å². The van der Waals surface area contributed by atoms with Gasteiger partial charge in [-0.1, -0.05) is 32.0 Å². The number of benzene rings is 1. The van der Waals surface area contributed by atoms with Crippen molar-refractivity contribution in [2.24, 2.45) is 5.92 Å². The first-order chi connectivity index (χ1) is 11.5. The molecule has 0 spiro atoms. The van der Waals surface area contributed by atoms with Gasteiger partial charge < -0.3 is 20.7 Å². The van der Waals surface area contributed by atoms with E-state index in [9.17, 15) is 9.59 Å². The quantitative estimate of drug-likeness (QED) is 0.570. The molecule has 1 rings (SSSR count). The van der Waals surface area contributed by atoms with Gasteiger partial charge in [-0.25, -0.2) is 0 Å². The van der Waals surface area contributed by atoms with Crippen LogP contribution < -0.4 is 16.0 Å². The van der Waals surface area contributed by atoms with Gasteiger partial charge in [-0.3, -0.25) is 9.59 Å². The van der Waals surface area contributed by atoms with Crippen molar-refractivity contribution >= 4 is 17.5 Å². The Labute approximate surface area is 144 Å². The number of para-hydroxylation sites is 1. The van der Waals surface area contributed by atoms with E-state index in [1.165, 1.54) is 0 Å². The molecule has 0 saturated heterocycles. The highest BCUT2D eigenvalue weighted by Gasteiger charge is 2.24. The smallest absolute Gasteiger partial charge is 0.246 e. The van der Waals surface area contributed by atoms with Gasteiger partial charge in [0.05, 0.1) is 12.6 Å². The number of hydrogen-bond acceptors (Lipinski definition) is 4. The van der Waals surface area contributed by atoms with E-state index in [0.29, 0.717) is 25.4 Å². The van der Waals surface area contributed by atoms with Crippen LogP contribution in [0.2, 0.25) is 0 Å². The third-order valence-electron chi connectivity index (χ3n) is 3.56. The first-order valence-electron chi connectivity index (χ1n) is 8.43. The molecule has 0 aliphatic heterocycles. The van der Waals surface area contributed by atoms with Crippen LogP contribution in [-0.2, 0) is 14.3 Å². The maximum atomic E-state index is 12.4. The van der Waals surface area contributed by atoms with Gasteiger partial charge in [-0.05, 0) is 31.9 Å². The molecular weight excluding hydrogens is 306 g/mol. The molecule has 0 aliphatic rings. The first kappa shape index (κ1) is 20.1. The predicted octanol–water partition coefficient (Wildman–Crippen LogP) is 1.78. The van der Waals surface area contributed by atoms with Gasteiger partial charge in [0.1, 0.15) is 6.04 Å². The van der Waals surface area contributed by atoms with E-state index >= 15 is 0 Å². The molecule has 0 heterocycles. The summed E-state index contributed by atoms with van der Waals surface area (Å²) in [6.45, 7) is 9.33. The highest BCUT2D eigenvalue weighted by Crippen LogP contribution is 2.06. The maximum absolute atomic E-state index is 12.4. The minimum Gasteiger partial charge on any atom is -0.380 e. The lowest BCUT2D eigenvalue weighted by Gasteiger charge is -2.23. The van der Waals surface area contributed by atoms with Crippen molar-refractivity contribution in [3.05, 3.63) is 30.3 Å². The van der Waals surface area contributed by atoms with Crippen molar-refractivity contribution in [3.8, 4) is 0 Å². The Morgan fingerprint density at radius 2 is 1.75 bits per heavy atom. The zero-order chi connectivity index (χ0) is 17.9. The summed E-state index contributed by atoms with van der Waals surface area (Å²) in [5.41, 5.74) is 0.707. The number of amides is 2. The van der Waals surface area contributed by atoms with Crippen LogP contribution in [0.1, 0.15) is 27.7 Å². The largest absolute Gasteiger partial charge is 0.380 e. The second-order valence-corrected chi connectivity index (χ2v) is 5.96. The highest BCUT2D eigenvalue weighted by molar-refractivity contribution is 5.97. The summed E-state index contributed by atoms with van der Waals surface area (Å²) in [5.74, 6) is -0.320. The topological polar surface area (TPSA) is 79.5 Å². The summed E-state index contributed by atoms with van der Waals surface area (Å²) in [5, 5.41) is 8.73. The van der Waals surface area contributed by atoms with Crippen molar-refractivity contribution in [1.29, 1.82) is 0 Å². The molecule has 0 saturated carbocycles. The fourth-order valence-electron chi connectivity index (χ4n) is 2.20. The number of nitrogens with one attached hydrogen (secondary N) is 3. The number of carbonyl (C=O) groups is 2. The maximum Gasteiger partial charge on any atom is 0.246 e. The average molecular weight is 335 g/mol. The van der Waals surface area contributed by atoms with Crippen LogP contribution in [0.5, 0.6) is 0 Å². The molecular formula is C18H29N3O3. The van der Waals surface area contributed by atoms with Gasteiger partial charge in [-0.2, -0.15) is 0 Å². The second kappa shape index (κ2) is 10.8. The van der Waals surface area contributed by atoms with Crippen LogP contribution in [0.15, 0.2) is 30.3 Å². The van der Waals surface area contributed by atoms with Crippen LogP contribution >= 0.6 is 0 Å². The van der Waals surface area contributed by atoms with Crippen molar-refractivity contribution in [1.82, 2.24) is 10.6 Å². The summed E-state index contributed by atoms with van der Waals surface area (Å²) in [4.78, 5) is 24.6. The molecule has 2 atom stereocenters. The fourth-order valence-corrected chi connectivity index (χ4v) is 2.20. The van der Waals surface area contributed by atoms with Crippen LogP contribution in [0.3, 0.4) is 0 Å². The highest BCUT2D eigenvalue weighted by atomic mass is 16.5. The monoisotopic (exact) mass is 335 g/mol. The molecule has 2 unspecified atom stereocenters. The molecule has 134 valence electrons. The zero-order valence-corrected chi connectivity index (χ0v) is 15.0. The minimum atomic E-state index is -0.618. The minimum absolute atomic E-state index is 0.107. The Morgan fingerprint density at radius 1 is 1.08 bits per heavy atom. The Kier molecular flexibility index (Phi) is 9.04. The first-order valence-corrected chi connectivity index (χ1v) is 8.43. The Balaban J connectivity index is 2.51. The van der Waals surface area contributed by atoms with Crippen LogP contribution in [0, 0.1) is 5.92 Å². The van der Waals surface area contributed by atoms with Gasteiger partial charge >= 0.3 is 0 Å². The van der Waals surface area contributed by atoms with Crippen LogP contribution in [0.4, 0.5) is 5.69 Å². The number of rotatable bonds is 10. The van der Waals surface area contributed by atoms with E-state index in [-0.39, 0.29) is 23.8 Å². The van der Waals surface area contributed by atoms with Crippen LogP contribution in [-0.4, -0.2) is 43.7 Å². The molecule has 1 aromatic rings. The van der Waals surface area contributed by atoms with Gasteiger partial charge in [0.25, 0.3) is 0 Å². The van der Waals surface area contributed by atoms with Crippen molar-refractivity contribution in [3.63, 3.8) is 0 Å². The predicted molar refractivity (Wildman–Crippen MR) is 95.8 cm³/mol. The van der Waals surface area contributed by atoms with E-state index in [0.717, 1.165) is 0 Å². The molecule has 1 aromatic carbocycles. The van der Waals surface area contributed by atoms with E-state index in [2.05, 4.69) is 16.0 Å².